The summed E-state index contributed by atoms with van der Waals surface area (Å²) in [6.45, 7) is 7.07. The molecule has 0 radical (unpaired) electrons. The third-order valence-electron chi connectivity index (χ3n) is 3.14. The van der Waals surface area contributed by atoms with Gasteiger partial charge in [-0.1, -0.05) is 6.07 Å². The summed E-state index contributed by atoms with van der Waals surface area (Å²) >= 11 is 0. The number of carbonyl (C=O) groups is 1. The van der Waals surface area contributed by atoms with Crippen molar-refractivity contribution in [3.8, 4) is 11.8 Å². The van der Waals surface area contributed by atoms with Gasteiger partial charge in [0.25, 0.3) is 0 Å². The van der Waals surface area contributed by atoms with E-state index in [4.69, 9.17) is 14.7 Å². The van der Waals surface area contributed by atoms with E-state index in [2.05, 4.69) is 6.07 Å². The highest BCUT2D eigenvalue weighted by atomic mass is 16.5. The van der Waals surface area contributed by atoms with E-state index in [9.17, 15) is 4.79 Å². The van der Waals surface area contributed by atoms with Crippen LogP contribution in [0.2, 0.25) is 0 Å². The number of hydrogen-bond donors (Lipinski definition) is 0. The number of hydrogen-bond acceptors (Lipinski definition) is 5. The zero-order valence-corrected chi connectivity index (χ0v) is 13.0. The van der Waals surface area contributed by atoms with Crippen LogP contribution < -0.4 is 4.74 Å². The predicted octanol–water partition coefficient (Wildman–Crippen LogP) is 2.34. The molecule has 0 aromatic heterocycles. The van der Waals surface area contributed by atoms with E-state index in [-0.39, 0.29) is 18.6 Å². The van der Waals surface area contributed by atoms with Gasteiger partial charge in [0.1, 0.15) is 11.8 Å². The van der Waals surface area contributed by atoms with Crippen LogP contribution >= 0.6 is 0 Å². The Morgan fingerprint density at radius 3 is 2.67 bits per heavy atom. The average Bonchev–Trinajstić information content (AvgIpc) is 2.46. The molecule has 0 aliphatic heterocycles. The monoisotopic (exact) mass is 290 g/mol. The highest BCUT2D eigenvalue weighted by molar-refractivity contribution is 5.71. The van der Waals surface area contributed by atoms with Gasteiger partial charge in [0, 0.05) is 12.6 Å². The lowest BCUT2D eigenvalue weighted by Crippen LogP contribution is -2.36. The van der Waals surface area contributed by atoms with Crippen LogP contribution in [0.3, 0.4) is 0 Å². The van der Waals surface area contributed by atoms with E-state index in [0.717, 1.165) is 5.56 Å². The Morgan fingerprint density at radius 1 is 1.43 bits per heavy atom. The highest BCUT2D eigenvalue weighted by Gasteiger charge is 2.16. The van der Waals surface area contributed by atoms with Crippen molar-refractivity contribution >= 4 is 5.97 Å². The molecule has 0 fully saturated rings. The van der Waals surface area contributed by atoms with Gasteiger partial charge in [-0.25, -0.2) is 0 Å². The molecule has 0 saturated carbocycles. The van der Waals surface area contributed by atoms with Crippen LogP contribution in [-0.2, 0) is 16.1 Å². The lowest BCUT2D eigenvalue weighted by molar-refractivity contribution is -0.145. The van der Waals surface area contributed by atoms with Crippen LogP contribution in [0.25, 0.3) is 0 Å². The Bertz CT molecular complexity index is 521. The minimum Gasteiger partial charge on any atom is -0.495 e. The first kappa shape index (κ1) is 17.0. The van der Waals surface area contributed by atoms with Crippen molar-refractivity contribution in [3.05, 3.63) is 29.3 Å². The van der Waals surface area contributed by atoms with Crippen LogP contribution in [0.15, 0.2) is 18.2 Å². The van der Waals surface area contributed by atoms with Crippen molar-refractivity contribution < 1.29 is 14.3 Å². The van der Waals surface area contributed by atoms with Gasteiger partial charge in [-0.05, 0) is 38.5 Å². The predicted molar refractivity (Wildman–Crippen MR) is 79.9 cm³/mol. The second kappa shape index (κ2) is 8.28. The zero-order valence-electron chi connectivity index (χ0n) is 13.0. The first-order valence-electron chi connectivity index (χ1n) is 6.98. The minimum atomic E-state index is -0.230. The van der Waals surface area contributed by atoms with Crippen molar-refractivity contribution in [1.82, 2.24) is 4.90 Å². The molecule has 1 aromatic rings. The van der Waals surface area contributed by atoms with Gasteiger partial charge in [-0.3, -0.25) is 9.69 Å². The molecule has 5 nitrogen and oxygen atoms in total. The maximum atomic E-state index is 11.6. The molecule has 114 valence electrons. The Hall–Kier alpha value is -2.06. The molecule has 0 unspecified atom stereocenters. The van der Waals surface area contributed by atoms with Gasteiger partial charge in [0.15, 0.2) is 0 Å². The number of carbonyl (C=O) groups excluding carboxylic acids is 1. The van der Waals surface area contributed by atoms with Crippen molar-refractivity contribution in [3.63, 3.8) is 0 Å². The maximum Gasteiger partial charge on any atom is 0.320 e. The first-order chi connectivity index (χ1) is 10.0. The average molecular weight is 290 g/mol. The van der Waals surface area contributed by atoms with Crippen LogP contribution in [-0.4, -0.2) is 37.2 Å². The molecule has 0 amide bonds. The van der Waals surface area contributed by atoms with E-state index in [1.165, 1.54) is 0 Å². The number of ether oxygens (including phenoxy) is 2. The second-order valence-corrected chi connectivity index (χ2v) is 4.95. The Labute approximate surface area is 126 Å². The lowest BCUT2D eigenvalue weighted by atomic mass is 10.1. The normalized spacial score (nSPS) is 10.5. The van der Waals surface area contributed by atoms with Crippen molar-refractivity contribution in [2.45, 2.75) is 33.4 Å². The Balaban J connectivity index is 2.84. The Morgan fingerprint density at radius 2 is 2.14 bits per heavy atom. The van der Waals surface area contributed by atoms with Crippen molar-refractivity contribution in [2.24, 2.45) is 0 Å². The maximum absolute atomic E-state index is 11.6. The first-order valence-corrected chi connectivity index (χ1v) is 6.98. The fraction of sp³-hybridized carbons (Fsp3) is 0.500. The summed E-state index contributed by atoms with van der Waals surface area (Å²) in [7, 11) is 1.54. The molecule has 0 saturated heterocycles. The van der Waals surface area contributed by atoms with Gasteiger partial charge in [-0.2, -0.15) is 5.26 Å². The number of rotatable bonds is 7. The van der Waals surface area contributed by atoms with Crippen molar-refractivity contribution in [1.29, 1.82) is 5.26 Å². The lowest BCUT2D eigenvalue weighted by Gasteiger charge is -2.25. The Kier molecular flexibility index (Phi) is 6.70. The summed E-state index contributed by atoms with van der Waals surface area (Å²) in [4.78, 5) is 13.7. The summed E-state index contributed by atoms with van der Waals surface area (Å²) < 4.78 is 10.2. The summed E-state index contributed by atoms with van der Waals surface area (Å²) in [5.74, 6) is 0.321. The minimum absolute atomic E-state index is 0.205. The third kappa shape index (κ3) is 5.09. The van der Waals surface area contributed by atoms with E-state index in [1.807, 2.05) is 30.9 Å². The van der Waals surface area contributed by atoms with Gasteiger partial charge < -0.3 is 9.47 Å². The third-order valence-corrected chi connectivity index (χ3v) is 3.14. The number of benzene rings is 1. The second-order valence-electron chi connectivity index (χ2n) is 4.95. The molecule has 21 heavy (non-hydrogen) atoms. The van der Waals surface area contributed by atoms with Crippen LogP contribution in [0.4, 0.5) is 0 Å². The molecule has 0 aliphatic rings. The van der Waals surface area contributed by atoms with Gasteiger partial charge in [0.05, 0.1) is 25.8 Å². The molecule has 0 spiro atoms. The summed E-state index contributed by atoms with van der Waals surface area (Å²) in [5, 5.41) is 8.99. The largest absolute Gasteiger partial charge is 0.495 e. The standard InChI is InChI=1S/C16H22N2O3/c1-5-21-16(19)11-18(12(2)3)10-13-6-7-14(9-17)15(8-13)20-4/h6-8,12H,5,10-11H2,1-4H3. The quantitative estimate of drug-likeness (QED) is 0.721. The fourth-order valence-corrected chi connectivity index (χ4v) is 1.95. The van der Waals surface area contributed by atoms with Crippen LogP contribution in [0, 0.1) is 11.3 Å². The number of nitriles is 1. The molecule has 0 aliphatic carbocycles. The summed E-state index contributed by atoms with van der Waals surface area (Å²) in [6.07, 6.45) is 0. The van der Waals surface area contributed by atoms with Crippen LogP contribution in [0.5, 0.6) is 5.75 Å². The molecule has 1 rings (SSSR count). The van der Waals surface area contributed by atoms with Crippen molar-refractivity contribution in [2.75, 3.05) is 20.3 Å². The van der Waals surface area contributed by atoms with E-state index in [0.29, 0.717) is 24.5 Å². The van der Waals surface area contributed by atoms with E-state index < -0.39 is 0 Å². The molecule has 0 bridgehead atoms. The number of methoxy groups -OCH3 is 1. The zero-order chi connectivity index (χ0) is 15.8. The van der Waals surface area contributed by atoms with Gasteiger partial charge >= 0.3 is 5.97 Å². The van der Waals surface area contributed by atoms with E-state index >= 15 is 0 Å². The number of esters is 1. The fourth-order valence-electron chi connectivity index (χ4n) is 1.95. The highest BCUT2D eigenvalue weighted by Crippen LogP contribution is 2.20. The molecule has 1 aromatic carbocycles. The number of nitrogens with zero attached hydrogens (tertiary/aromatic N) is 2. The van der Waals surface area contributed by atoms with Crippen LogP contribution in [0.1, 0.15) is 31.9 Å². The van der Waals surface area contributed by atoms with E-state index in [1.54, 1.807) is 20.1 Å². The van der Waals surface area contributed by atoms with Gasteiger partial charge in [0.2, 0.25) is 0 Å². The molecule has 5 heteroatoms. The van der Waals surface area contributed by atoms with Gasteiger partial charge in [-0.15, -0.1) is 0 Å². The molecular formula is C16H22N2O3. The summed E-state index contributed by atoms with van der Waals surface area (Å²) in [6, 6.07) is 7.73. The molecule has 0 N–H and O–H groups in total. The topological polar surface area (TPSA) is 62.6 Å². The molecule has 0 atom stereocenters. The SMILES string of the molecule is CCOC(=O)CN(Cc1ccc(C#N)c(OC)c1)C(C)C. The molecule has 0 heterocycles. The molecular weight excluding hydrogens is 268 g/mol. The smallest absolute Gasteiger partial charge is 0.320 e. The summed E-state index contributed by atoms with van der Waals surface area (Å²) in [5.41, 5.74) is 1.49.